The molecule has 26 heavy (non-hydrogen) atoms. The molecule has 2 fully saturated rings. The number of nitrogens with two attached hydrogens (primary N) is 1. The van der Waals surface area contributed by atoms with Gasteiger partial charge in [-0.05, 0) is 36.7 Å². The first kappa shape index (κ1) is 19.2. The third-order valence-corrected chi connectivity index (χ3v) is 6.34. The Hall–Kier alpha value is -1.54. The average molecular weight is 381 g/mol. The van der Waals surface area contributed by atoms with E-state index < -0.39 is 17.4 Å². The van der Waals surface area contributed by atoms with Crippen LogP contribution in [-0.4, -0.2) is 32.8 Å². The predicted molar refractivity (Wildman–Crippen MR) is 101 cm³/mol. The normalized spacial score (nSPS) is 31.9. The fraction of sp³-hybridized carbons (Fsp3) is 0.722. The van der Waals surface area contributed by atoms with E-state index in [0.717, 1.165) is 12.8 Å². The van der Waals surface area contributed by atoms with Crippen LogP contribution in [-0.2, 0) is 14.3 Å². The number of thioether (sulfide) groups is 1. The van der Waals surface area contributed by atoms with Crippen LogP contribution in [0.1, 0.15) is 46.3 Å². The number of esters is 1. The Morgan fingerprint density at radius 1 is 1.46 bits per heavy atom. The highest BCUT2D eigenvalue weighted by Gasteiger charge is 2.38. The van der Waals surface area contributed by atoms with E-state index in [1.807, 2.05) is 0 Å². The molecule has 1 aromatic heterocycles. The maximum Gasteiger partial charge on any atom is 0.351 e. The van der Waals surface area contributed by atoms with Gasteiger partial charge in [-0.1, -0.05) is 27.2 Å². The molecule has 2 aliphatic rings. The van der Waals surface area contributed by atoms with Gasteiger partial charge in [-0.2, -0.15) is 4.98 Å². The van der Waals surface area contributed by atoms with Gasteiger partial charge in [0.05, 0.1) is 0 Å². The van der Waals surface area contributed by atoms with Gasteiger partial charge in [0.2, 0.25) is 5.44 Å². The highest BCUT2D eigenvalue weighted by atomic mass is 32.2. The Morgan fingerprint density at radius 3 is 2.92 bits per heavy atom. The van der Waals surface area contributed by atoms with Crippen molar-refractivity contribution >= 4 is 23.5 Å². The largest absolute Gasteiger partial charge is 0.459 e. The van der Waals surface area contributed by atoms with Crippen molar-refractivity contribution in [2.75, 3.05) is 11.5 Å². The lowest BCUT2D eigenvalue weighted by atomic mass is 9.75. The molecule has 0 unspecified atom stereocenters. The molecule has 1 saturated carbocycles. The Bertz CT molecular complexity index is 708. The molecule has 2 heterocycles. The predicted octanol–water partition coefficient (Wildman–Crippen LogP) is 2.42. The monoisotopic (exact) mass is 381 g/mol. The molecule has 3 rings (SSSR count). The van der Waals surface area contributed by atoms with Crippen molar-refractivity contribution in [2.45, 2.75) is 57.8 Å². The van der Waals surface area contributed by atoms with Crippen molar-refractivity contribution in [1.82, 2.24) is 9.55 Å². The Kier molecular flexibility index (Phi) is 5.92. The Morgan fingerprint density at radius 2 is 2.23 bits per heavy atom. The van der Waals surface area contributed by atoms with Gasteiger partial charge < -0.3 is 15.2 Å². The topological polar surface area (TPSA) is 96.4 Å². The van der Waals surface area contributed by atoms with E-state index in [1.54, 1.807) is 6.20 Å². The standard InChI is InChI=1S/C18H27N3O4S/c1-10(2)12-5-4-11(3)8-13(12)24-16(22)17-25-15(9-26-17)21-7-6-14(19)20-18(21)23/h6-7,10-13,15,17H,4-5,8-9H2,1-3H3,(H2,19,20,23)/t11-,12+,13-,15+,17+/m0/s1. The van der Waals surface area contributed by atoms with Crippen molar-refractivity contribution in [3.63, 3.8) is 0 Å². The second kappa shape index (κ2) is 8.00. The van der Waals surface area contributed by atoms with E-state index in [2.05, 4.69) is 25.8 Å². The summed E-state index contributed by atoms with van der Waals surface area (Å²) in [5.74, 6) is 1.73. The molecule has 1 aliphatic heterocycles. The maximum atomic E-state index is 12.6. The molecule has 0 aromatic carbocycles. The molecular formula is C18H27N3O4S. The van der Waals surface area contributed by atoms with Gasteiger partial charge >= 0.3 is 11.7 Å². The molecule has 1 aromatic rings. The van der Waals surface area contributed by atoms with E-state index in [-0.39, 0.29) is 17.9 Å². The van der Waals surface area contributed by atoms with Crippen LogP contribution in [0.4, 0.5) is 5.82 Å². The van der Waals surface area contributed by atoms with Gasteiger partial charge in [-0.3, -0.25) is 4.57 Å². The number of carbonyl (C=O) groups is 1. The molecule has 7 nitrogen and oxygen atoms in total. The van der Waals surface area contributed by atoms with Crippen LogP contribution in [0.3, 0.4) is 0 Å². The van der Waals surface area contributed by atoms with E-state index in [1.165, 1.54) is 28.8 Å². The molecule has 1 saturated heterocycles. The summed E-state index contributed by atoms with van der Waals surface area (Å²) < 4.78 is 13.0. The lowest BCUT2D eigenvalue weighted by molar-refractivity contribution is -0.166. The zero-order chi connectivity index (χ0) is 18.8. The molecule has 0 bridgehead atoms. The second-order valence-corrected chi connectivity index (χ2v) is 8.69. The summed E-state index contributed by atoms with van der Waals surface area (Å²) in [7, 11) is 0. The Labute approximate surface area is 157 Å². The van der Waals surface area contributed by atoms with Crippen molar-refractivity contribution < 1.29 is 14.3 Å². The van der Waals surface area contributed by atoms with Gasteiger partial charge in [0.25, 0.3) is 0 Å². The van der Waals surface area contributed by atoms with Crippen LogP contribution in [0.5, 0.6) is 0 Å². The summed E-state index contributed by atoms with van der Waals surface area (Å²) in [6.07, 6.45) is 4.11. The highest BCUT2D eigenvalue weighted by molar-refractivity contribution is 8.00. The third kappa shape index (κ3) is 4.23. The van der Waals surface area contributed by atoms with Crippen LogP contribution >= 0.6 is 11.8 Å². The molecule has 5 atom stereocenters. The van der Waals surface area contributed by atoms with Crippen molar-refractivity contribution in [1.29, 1.82) is 0 Å². The first-order valence-electron chi connectivity index (χ1n) is 9.17. The minimum Gasteiger partial charge on any atom is -0.459 e. The summed E-state index contributed by atoms with van der Waals surface area (Å²) >= 11 is 1.35. The van der Waals surface area contributed by atoms with E-state index >= 15 is 0 Å². The molecule has 0 spiro atoms. The molecule has 144 valence electrons. The van der Waals surface area contributed by atoms with Gasteiger partial charge in [0, 0.05) is 11.9 Å². The summed E-state index contributed by atoms with van der Waals surface area (Å²) in [6, 6.07) is 1.54. The number of nitrogens with zero attached hydrogens (tertiary/aromatic N) is 2. The Balaban J connectivity index is 1.63. The summed E-state index contributed by atoms with van der Waals surface area (Å²) in [5, 5.41) is 0. The second-order valence-electron chi connectivity index (χ2n) is 7.60. The van der Waals surface area contributed by atoms with Crippen LogP contribution in [0.2, 0.25) is 0 Å². The number of ether oxygens (including phenoxy) is 2. The third-order valence-electron chi connectivity index (χ3n) is 5.25. The fourth-order valence-corrected chi connectivity index (χ4v) is 4.74. The molecule has 0 amide bonds. The number of hydrogen-bond acceptors (Lipinski definition) is 7. The van der Waals surface area contributed by atoms with Gasteiger partial charge in [0.1, 0.15) is 18.1 Å². The zero-order valence-corrected chi connectivity index (χ0v) is 16.3. The number of hydrogen-bond donors (Lipinski definition) is 1. The quantitative estimate of drug-likeness (QED) is 0.800. The minimum absolute atomic E-state index is 0.0598. The molecule has 0 radical (unpaired) electrons. The molecular weight excluding hydrogens is 354 g/mol. The molecule has 8 heteroatoms. The zero-order valence-electron chi connectivity index (χ0n) is 15.5. The lowest BCUT2D eigenvalue weighted by Crippen LogP contribution is -2.38. The number of rotatable bonds is 4. The highest BCUT2D eigenvalue weighted by Crippen LogP contribution is 2.37. The van der Waals surface area contributed by atoms with Crippen molar-refractivity contribution in [2.24, 2.45) is 17.8 Å². The SMILES string of the molecule is CC(C)[C@H]1CC[C@H](C)C[C@@H]1OC(=O)[C@@H]1O[C@@H](n2ccc(N)nc2=O)CS1. The van der Waals surface area contributed by atoms with Crippen LogP contribution in [0.25, 0.3) is 0 Å². The van der Waals surface area contributed by atoms with Crippen LogP contribution < -0.4 is 11.4 Å². The first-order valence-corrected chi connectivity index (χ1v) is 10.2. The van der Waals surface area contributed by atoms with E-state index in [0.29, 0.717) is 23.5 Å². The molecule has 1 aliphatic carbocycles. The van der Waals surface area contributed by atoms with Crippen LogP contribution in [0, 0.1) is 17.8 Å². The van der Waals surface area contributed by atoms with E-state index in [4.69, 9.17) is 15.2 Å². The van der Waals surface area contributed by atoms with Crippen molar-refractivity contribution in [3.8, 4) is 0 Å². The van der Waals surface area contributed by atoms with Gasteiger partial charge in [0.15, 0.2) is 0 Å². The smallest absolute Gasteiger partial charge is 0.351 e. The minimum atomic E-state index is -0.713. The van der Waals surface area contributed by atoms with Gasteiger partial charge in [-0.15, -0.1) is 11.8 Å². The van der Waals surface area contributed by atoms with Crippen molar-refractivity contribution in [3.05, 3.63) is 22.7 Å². The number of nitrogen functional groups attached to an aromatic ring is 1. The fourth-order valence-electron chi connectivity index (χ4n) is 3.76. The summed E-state index contributed by atoms with van der Waals surface area (Å²) in [4.78, 5) is 28.3. The average Bonchev–Trinajstić information content (AvgIpc) is 3.04. The number of anilines is 1. The summed E-state index contributed by atoms with van der Waals surface area (Å²) in [6.45, 7) is 6.56. The van der Waals surface area contributed by atoms with Crippen LogP contribution in [0.15, 0.2) is 17.1 Å². The molecule has 2 N–H and O–H groups in total. The maximum absolute atomic E-state index is 12.6. The summed E-state index contributed by atoms with van der Waals surface area (Å²) in [5.41, 5.74) is 4.32. The lowest BCUT2D eigenvalue weighted by Gasteiger charge is -2.37. The van der Waals surface area contributed by atoms with Gasteiger partial charge in [-0.25, -0.2) is 9.59 Å². The number of aromatic nitrogens is 2. The number of carbonyl (C=O) groups excluding carboxylic acids is 1. The first-order chi connectivity index (χ1) is 12.3. The van der Waals surface area contributed by atoms with E-state index in [9.17, 15) is 9.59 Å².